The number of hydrogen-bond acceptors (Lipinski definition) is 2. The van der Waals surface area contributed by atoms with Crippen LogP contribution >= 0.6 is 0 Å². The lowest BCUT2D eigenvalue weighted by Gasteiger charge is -2.30. The molecule has 2 nitrogen and oxygen atoms in total. The second-order valence-corrected chi connectivity index (χ2v) is 5.57. The van der Waals surface area contributed by atoms with Crippen molar-refractivity contribution in [1.29, 1.82) is 0 Å². The van der Waals surface area contributed by atoms with Crippen LogP contribution in [0.1, 0.15) is 46.5 Å². The maximum Gasteiger partial charge on any atom is 0.141 e. The Kier molecular flexibility index (Phi) is 3.71. The van der Waals surface area contributed by atoms with Gasteiger partial charge >= 0.3 is 0 Å². The average molecular weight is 197 g/mol. The van der Waals surface area contributed by atoms with Crippen molar-refractivity contribution in [2.24, 2.45) is 23.0 Å². The highest BCUT2D eigenvalue weighted by Gasteiger charge is 2.32. The maximum absolute atomic E-state index is 12.0. The zero-order valence-corrected chi connectivity index (χ0v) is 9.68. The van der Waals surface area contributed by atoms with Gasteiger partial charge in [-0.1, -0.05) is 20.8 Å². The predicted octanol–water partition coefficient (Wildman–Crippen LogP) is 2.37. The smallest absolute Gasteiger partial charge is 0.141 e. The minimum atomic E-state index is -0.166. The van der Waals surface area contributed by atoms with Gasteiger partial charge in [0, 0.05) is 11.3 Å². The first-order chi connectivity index (χ1) is 6.45. The standard InChI is InChI=1S/C12H23NO/c1-12(2,3)11(14)10-6-4-9(8-13)5-7-10/h9-10H,4-8,13H2,1-3H3/t9-,10-. The molecule has 0 heterocycles. The highest BCUT2D eigenvalue weighted by molar-refractivity contribution is 5.85. The van der Waals surface area contributed by atoms with E-state index >= 15 is 0 Å². The van der Waals surface area contributed by atoms with Crippen molar-refractivity contribution in [3.63, 3.8) is 0 Å². The minimum Gasteiger partial charge on any atom is -0.330 e. The number of carbonyl (C=O) groups is 1. The maximum atomic E-state index is 12.0. The largest absolute Gasteiger partial charge is 0.330 e. The topological polar surface area (TPSA) is 43.1 Å². The molecule has 0 bridgehead atoms. The van der Waals surface area contributed by atoms with Gasteiger partial charge in [-0.25, -0.2) is 0 Å². The number of Topliss-reactive ketones (excluding diaryl/α,β-unsaturated/α-hetero) is 1. The van der Waals surface area contributed by atoms with E-state index in [1.54, 1.807) is 0 Å². The molecule has 0 unspecified atom stereocenters. The Morgan fingerprint density at radius 1 is 1.21 bits per heavy atom. The number of carbonyl (C=O) groups excluding carboxylic acids is 1. The lowest BCUT2D eigenvalue weighted by Crippen LogP contribution is -2.32. The van der Waals surface area contributed by atoms with E-state index in [9.17, 15) is 4.79 Å². The third-order valence-corrected chi connectivity index (χ3v) is 3.29. The van der Waals surface area contributed by atoms with Crippen LogP contribution < -0.4 is 5.73 Å². The molecule has 0 aliphatic heterocycles. The second-order valence-electron chi connectivity index (χ2n) is 5.57. The van der Waals surface area contributed by atoms with Gasteiger partial charge in [-0.05, 0) is 38.1 Å². The van der Waals surface area contributed by atoms with Crippen LogP contribution in [0.25, 0.3) is 0 Å². The van der Waals surface area contributed by atoms with E-state index in [2.05, 4.69) is 0 Å². The molecule has 1 saturated carbocycles. The zero-order chi connectivity index (χ0) is 10.8. The number of ketones is 1. The molecular formula is C12H23NO. The average Bonchev–Trinajstić information content (AvgIpc) is 2.15. The molecule has 0 amide bonds. The van der Waals surface area contributed by atoms with Crippen LogP contribution in [-0.2, 0) is 4.79 Å². The van der Waals surface area contributed by atoms with Crippen LogP contribution in [0.2, 0.25) is 0 Å². The summed E-state index contributed by atoms with van der Waals surface area (Å²) < 4.78 is 0. The van der Waals surface area contributed by atoms with Crippen molar-refractivity contribution in [1.82, 2.24) is 0 Å². The fourth-order valence-electron chi connectivity index (χ4n) is 2.27. The molecule has 82 valence electrons. The first-order valence-corrected chi connectivity index (χ1v) is 5.69. The van der Waals surface area contributed by atoms with E-state index in [0.29, 0.717) is 17.6 Å². The van der Waals surface area contributed by atoms with Crippen LogP contribution in [0, 0.1) is 17.3 Å². The van der Waals surface area contributed by atoms with Crippen molar-refractivity contribution in [3.8, 4) is 0 Å². The molecule has 2 N–H and O–H groups in total. The molecule has 1 aliphatic carbocycles. The quantitative estimate of drug-likeness (QED) is 0.738. The van der Waals surface area contributed by atoms with Gasteiger partial charge in [0.1, 0.15) is 5.78 Å². The summed E-state index contributed by atoms with van der Waals surface area (Å²) in [6.45, 7) is 6.84. The summed E-state index contributed by atoms with van der Waals surface area (Å²) in [6, 6.07) is 0. The second kappa shape index (κ2) is 4.43. The monoisotopic (exact) mass is 197 g/mol. The van der Waals surface area contributed by atoms with Crippen molar-refractivity contribution in [2.75, 3.05) is 6.54 Å². The van der Waals surface area contributed by atoms with E-state index in [1.807, 2.05) is 20.8 Å². The molecule has 1 rings (SSSR count). The minimum absolute atomic E-state index is 0.166. The summed E-state index contributed by atoms with van der Waals surface area (Å²) in [7, 11) is 0. The van der Waals surface area contributed by atoms with Gasteiger partial charge < -0.3 is 5.73 Å². The van der Waals surface area contributed by atoms with Gasteiger partial charge in [0.2, 0.25) is 0 Å². The molecule has 1 aliphatic rings. The SMILES string of the molecule is CC(C)(C)C(=O)[C@H]1CC[C@H](CN)CC1. The Balaban J connectivity index is 2.46. The van der Waals surface area contributed by atoms with Gasteiger partial charge in [0.05, 0.1) is 0 Å². The Morgan fingerprint density at radius 2 is 1.71 bits per heavy atom. The van der Waals surface area contributed by atoms with Gasteiger partial charge in [-0.15, -0.1) is 0 Å². The summed E-state index contributed by atoms with van der Waals surface area (Å²) in [5.41, 5.74) is 5.46. The van der Waals surface area contributed by atoms with Crippen LogP contribution in [0.5, 0.6) is 0 Å². The fourth-order valence-corrected chi connectivity index (χ4v) is 2.27. The molecule has 0 radical (unpaired) electrons. The molecule has 0 atom stereocenters. The Labute approximate surface area is 87.2 Å². The molecule has 2 heteroatoms. The lowest BCUT2D eigenvalue weighted by molar-refractivity contribution is -0.131. The molecule has 0 aromatic rings. The highest BCUT2D eigenvalue weighted by atomic mass is 16.1. The van der Waals surface area contributed by atoms with E-state index in [-0.39, 0.29) is 5.41 Å². The van der Waals surface area contributed by atoms with E-state index in [4.69, 9.17) is 5.73 Å². The Bertz CT molecular complexity index is 197. The van der Waals surface area contributed by atoms with Crippen molar-refractivity contribution in [2.45, 2.75) is 46.5 Å². The van der Waals surface area contributed by atoms with Gasteiger partial charge in [0.25, 0.3) is 0 Å². The molecule has 0 saturated heterocycles. The van der Waals surface area contributed by atoms with E-state index < -0.39 is 0 Å². The normalized spacial score (nSPS) is 28.9. The first kappa shape index (κ1) is 11.7. The first-order valence-electron chi connectivity index (χ1n) is 5.69. The molecule has 0 spiro atoms. The molecule has 14 heavy (non-hydrogen) atoms. The Morgan fingerprint density at radius 3 is 2.07 bits per heavy atom. The fraction of sp³-hybridized carbons (Fsp3) is 0.917. The van der Waals surface area contributed by atoms with Gasteiger partial charge in [-0.2, -0.15) is 0 Å². The van der Waals surface area contributed by atoms with Crippen molar-refractivity contribution >= 4 is 5.78 Å². The third kappa shape index (κ3) is 2.81. The summed E-state index contributed by atoms with van der Waals surface area (Å²) in [5.74, 6) is 1.41. The highest BCUT2D eigenvalue weighted by Crippen LogP contribution is 2.33. The van der Waals surface area contributed by atoms with Gasteiger partial charge in [-0.3, -0.25) is 4.79 Å². The molecule has 1 fully saturated rings. The van der Waals surface area contributed by atoms with Crippen LogP contribution in [0.4, 0.5) is 0 Å². The molecular weight excluding hydrogens is 174 g/mol. The van der Waals surface area contributed by atoms with Crippen LogP contribution in [-0.4, -0.2) is 12.3 Å². The van der Waals surface area contributed by atoms with Crippen molar-refractivity contribution < 1.29 is 4.79 Å². The lowest BCUT2D eigenvalue weighted by atomic mass is 9.73. The number of rotatable bonds is 2. The molecule has 0 aromatic heterocycles. The van der Waals surface area contributed by atoms with Crippen LogP contribution in [0.15, 0.2) is 0 Å². The molecule has 0 aromatic carbocycles. The third-order valence-electron chi connectivity index (χ3n) is 3.29. The summed E-state index contributed by atoms with van der Waals surface area (Å²) in [4.78, 5) is 12.0. The van der Waals surface area contributed by atoms with Gasteiger partial charge in [0.15, 0.2) is 0 Å². The predicted molar refractivity (Wildman–Crippen MR) is 59.0 cm³/mol. The number of hydrogen-bond donors (Lipinski definition) is 1. The summed E-state index contributed by atoms with van der Waals surface area (Å²) >= 11 is 0. The van der Waals surface area contributed by atoms with E-state index in [0.717, 1.165) is 32.2 Å². The summed E-state index contributed by atoms with van der Waals surface area (Å²) in [5, 5.41) is 0. The summed E-state index contributed by atoms with van der Waals surface area (Å²) in [6.07, 6.45) is 4.39. The van der Waals surface area contributed by atoms with Crippen molar-refractivity contribution in [3.05, 3.63) is 0 Å². The van der Waals surface area contributed by atoms with Crippen LogP contribution in [0.3, 0.4) is 0 Å². The Hall–Kier alpha value is -0.370. The zero-order valence-electron chi connectivity index (χ0n) is 9.68. The number of nitrogens with two attached hydrogens (primary N) is 1. The van der Waals surface area contributed by atoms with E-state index in [1.165, 1.54) is 0 Å².